The highest BCUT2D eigenvalue weighted by Crippen LogP contribution is 2.29. The third-order valence-corrected chi connectivity index (χ3v) is 5.79. The molecule has 0 amide bonds. The first-order valence-corrected chi connectivity index (χ1v) is 11.1. The maximum Gasteiger partial charge on any atom is 0.282 e. The minimum atomic E-state index is -3.75. The van der Waals surface area contributed by atoms with Gasteiger partial charge in [0.1, 0.15) is 6.61 Å². The number of ether oxygens (including phenoxy) is 2. The number of rotatable bonds is 8. The van der Waals surface area contributed by atoms with Crippen molar-refractivity contribution in [3.8, 4) is 11.5 Å². The minimum Gasteiger partial charge on any atom is -0.490 e. The smallest absolute Gasteiger partial charge is 0.282 e. The van der Waals surface area contributed by atoms with Crippen molar-refractivity contribution in [2.75, 3.05) is 6.61 Å². The number of hydrogen-bond acceptors (Lipinski definition) is 4. The Morgan fingerprint density at radius 1 is 0.900 bits per heavy atom. The van der Waals surface area contributed by atoms with E-state index in [9.17, 15) is 8.42 Å². The Morgan fingerprint density at radius 3 is 2.40 bits per heavy atom. The first-order chi connectivity index (χ1) is 14.4. The molecule has 3 rings (SSSR count). The van der Waals surface area contributed by atoms with Gasteiger partial charge in [-0.1, -0.05) is 42.0 Å². The fraction of sp³-hybridized carbons (Fsp3) is 0.208. The first-order valence-electron chi connectivity index (χ1n) is 9.70. The molecule has 0 aliphatic carbocycles. The van der Waals surface area contributed by atoms with Crippen LogP contribution >= 0.6 is 0 Å². The zero-order valence-corrected chi connectivity index (χ0v) is 18.1. The molecule has 0 heterocycles. The van der Waals surface area contributed by atoms with Gasteiger partial charge >= 0.3 is 0 Å². The summed E-state index contributed by atoms with van der Waals surface area (Å²) in [4.78, 5) is 0.153. The SMILES string of the molecule is CCOc1cc(/C=N\S(=O)(=O)c2ccccc2)ccc1OCc1cc(C)ccc1C. The molecule has 0 aliphatic rings. The highest BCUT2D eigenvalue weighted by Gasteiger charge is 2.12. The fourth-order valence-corrected chi connectivity index (χ4v) is 3.77. The van der Waals surface area contributed by atoms with Gasteiger partial charge in [0, 0.05) is 6.21 Å². The van der Waals surface area contributed by atoms with Crippen molar-refractivity contribution in [3.05, 3.63) is 89.0 Å². The Kier molecular flexibility index (Phi) is 6.90. The maximum atomic E-state index is 12.3. The lowest BCUT2D eigenvalue weighted by Gasteiger charge is -2.14. The molecule has 30 heavy (non-hydrogen) atoms. The Labute approximate surface area is 178 Å². The van der Waals surface area contributed by atoms with Gasteiger partial charge in [0.15, 0.2) is 11.5 Å². The molecule has 0 saturated carbocycles. The summed E-state index contributed by atoms with van der Waals surface area (Å²) < 4.78 is 40.2. The van der Waals surface area contributed by atoms with Gasteiger partial charge < -0.3 is 9.47 Å². The molecule has 156 valence electrons. The predicted molar refractivity (Wildman–Crippen MR) is 119 cm³/mol. The Balaban J connectivity index is 1.80. The second-order valence-electron chi connectivity index (χ2n) is 6.88. The van der Waals surface area contributed by atoms with Crippen molar-refractivity contribution in [2.24, 2.45) is 4.40 Å². The van der Waals surface area contributed by atoms with Gasteiger partial charge in [0.05, 0.1) is 11.5 Å². The summed E-state index contributed by atoms with van der Waals surface area (Å²) in [6, 6.07) is 19.6. The summed E-state index contributed by atoms with van der Waals surface area (Å²) in [5.41, 5.74) is 4.05. The van der Waals surface area contributed by atoms with E-state index in [1.54, 1.807) is 36.4 Å². The monoisotopic (exact) mass is 423 g/mol. The van der Waals surface area contributed by atoms with E-state index < -0.39 is 10.0 Å². The number of sulfonamides is 1. The van der Waals surface area contributed by atoms with Gasteiger partial charge in [0.25, 0.3) is 10.0 Å². The average molecular weight is 424 g/mol. The Morgan fingerprint density at radius 2 is 1.67 bits per heavy atom. The molecule has 6 heteroatoms. The second kappa shape index (κ2) is 9.59. The topological polar surface area (TPSA) is 65.0 Å². The van der Waals surface area contributed by atoms with Crippen molar-refractivity contribution >= 4 is 16.2 Å². The van der Waals surface area contributed by atoms with E-state index in [2.05, 4.69) is 22.6 Å². The third kappa shape index (κ3) is 5.48. The molecular formula is C24H25NO4S. The molecule has 0 unspecified atom stereocenters. The summed E-state index contributed by atoms with van der Waals surface area (Å²) in [6.07, 6.45) is 1.32. The van der Waals surface area contributed by atoms with E-state index in [4.69, 9.17) is 9.47 Å². The zero-order valence-electron chi connectivity index (χ0n) is 17.3. The molecule has 3 aromatic carbocycles. The summed E-state index contributed by atoms with van der Waals surface area (Å²) >= 11 is 0. The van der Waals surface area contributed by atoms with Crippen LogP contribution in [0, 0.1) is 13.8 Å². The largest absolute Gasteiger partial charge is 0.490 e. The molecule has 0 fully saturated rings. The first kappa shape index (κ1) is 21.6. The van der Waals surface area contributed by atoms with Crippen molar-refractivity contribution in [1.82, 2.24) is 0 Å². The van der Waals surface area contributed by atoms with E-state index in [1.807, 2.05) is 20.8 Å². The van der Waals surface area contributed by atoms with Gasteiger partial charge in [-0.2, -0.15) is 12.8 Å². The summed E-state index contributed by atoms with van der Waals surface area (Å²) in [7, 11) is -3.75. The number of nitrogens with zero attached hydrogens (tertiary/aromatic N) is 1. The van der Waals surface area contributed by atoms with Crippen LogP contribution in [0.1, 0.15) is 29.2 Å². The fourth-order valence-electron chi connectivity index (χ4n) is 2.89. The number of benzene rings is 3. The van der Waals surface area contributed by atoms with Crippen LogP contribution in [0.25, 0.3) is 0 Å². The van der Waals surface area contributed by atoms with Gasteiger partial charge in [-0.3, -0.25) is 0 Å². The summed E-state index contributed by atoms with van der Waals surface area (Å²) in [5.74, 6) is 1.14. The molecule has 0 radical (unpaired) electrons. The van der Waals surface area contributed by atoms with Crippen molar-refractivity contribution in [1.29, 1.82) is 0 Å². The molecule has 0 aromatic heterocycles. The van der Waals surface area contributed by atoms with Gasteiger partial charge in [-0.05, 0) is 67.8 Å². The molecular weight excluding hydrogens is 398 g/mol. The molecule has 0 saturated heterocycles. The van der Waals surface area contributed by atoms with Gasteiger partial charge in [0.2, 0.25) is 0 Å². The predicted octanol–water partition coefficient (Wildman–Crippen LogP) is 5.09. The molecule has 3 aromatic rings. The van der Waals surface area contributed by atoms with Crippen molar-refractivity contribution in [2.45, 2.75) is 32.3 Å². The van der Waals surface area contributed by atoms with Crippen LogP contribution in [0.2, 0.25) is 0 Å². The Bertz CT molecular complexity index is 1140. The van der Waals surface area contributed by atoms with E-state index >= 15 is 0 Å². The van der Waals surface area contributed by atoms with Crippen LogP contribution in [0.3, 0.4) is 0 Å². The molecule has 0 atom stereocenters. The number of hydrogen-bond donors (Lipinski definition) is 0. The van der Waals surface area contributed by atoms with Crippen molar-refractivity contribution in [3.63, 3.8) is 0 Å². The zero-order chi connectivity index (χ0) is 21.6. The minimum absolute atomic E-state index is 0.153. The quantitative estimate of drug-likeness (QED) is 0.474. The van der Waals surface area contributed by atoms with Crippen LogP contribution in [0.15, 0.2) is 76.0 Å². The lowest BCUT2D eigenvalue weighted by Crippen LogP contribution is -2.02. The Hall–Kier alpha value is -3.12. The van der Waals surface area contributed by atoms with Crippen LogP contribution in [0.4, 0.5) is 0 Å². The summed E-state index contributed by atoms with van der Waals surface area (Å²) in [5, 5.41) is 0. The molecule has 0 bridgehead atoms. The van der Waals surface area contributed by atoms with Crippen LogP contribution in [0.5, 0.6) is 11.5 Å². The molecule has 0 N–H and O–H groups in total. The third-order valence-electron chi connectivity index (χ3n) is 4.54. The van der Waals surface area contributed by atoms with Gasteiger partial charge in [-0.25, -0.2) is 0 Å². The number of aryl methyl sites for hydroxylation is 2. The standard InChI is InChI=1S/C24H25NO4S/c1-4-28-24-15-20(16-25-30(26,27)22-8-6-5-7-9-22)12-13-23(24)29-17-21-14-18(2)10-11-19(21)3/h5-16H,4,17H2,1-3H3/b25-16-. The van der Waals surface area contributed by atoms with E-state index in [0.717, 1.165) is 11.1 Å². The highest BCUT2D eigenvalue weighted by molar-refractivity contribution is 7.90. The lowest BCUT2D eigenvalue weighted by molar-refractivity contribution is 0.269. The maximum absolute atomic E-state index is 12.3. The van der Waals surface area contributed by atoms with Crippen LogP contribution in [-0.2, 0) is 16.6 Å². The lowest BCUT2D eigenvalue weighted by atomic mass is 10.1. The molecule has 0 spiro atoms. The molecule has 0 aliphatic heterocycles. The van der Waals surface area contributed by atoms with Gasteiger partial charge in [-0.15, -0.1) is 0 Å². The van der Waals surface area contributed by atoms with E-state index in [0.29, 0.717) is 30.3 Å². The highest BCUT2D eigenvalue weighted by atomic mass is 32.2. The van der Waals surface area contributed by atoms with E-state index in [-0.39, 0.29) is 4.90 Å². The van der Waals surface area contributed by atoms with E-state index in [1.165, 1.54) is 23.9 Å². The van der Waals surface area contributed by atoms with Crippen LogP contribution in [-0.4, -0.2) is 21.2 Å². The summed E-state index contributed by atoms with van der Waals surface area (Å²) in [6.45, 7) is 6.86. The second-order valence-corrected chi connectivity index (χ2v) is 8.51. The average Bonchev–Trinajstić information content (AvgIpc) is 2.75. The van der Waals surface area contributed by atoms with Crippen molar-refractivity contribution < 1.29 is 17.9 Å². The van der Waals surface area contributed by atoms with Crippen LogP contribution < -0.4 is 9.47 Å². The molecule has 5 nitrogen and oxygen atoms in total. The normalized spacial score (nSPS) is 11.6.